The highest BCUT2D eigenvalue weighted by atomic mass is 35.5. The van der Waals surface area contributed by atoms with Crippen LogP contribution in [0.4, 0.5) is 10.1 Å². The van der Waals surface area contributed by atoms with Gasteiger partial charge in [-0.2, -0.15) is 0 Å². The molecule has 10 heteroatoms. The minimum atomic E-state index is -0.736. The van der Waals surface area contributed by atoms with Gasteiger partial charge in [0.25, 0.3) is 11.5 Å². The number of H-pyrrole nitrogens is 1. The van der Waals surface area contributed by atoms with Crippen LogP contribution in [0.5, 0.6) is 0 Å². The Bertz CT molecular complexity index is 1130. The number of hydrogen-bond acceptors (Lipinski definition) is 6. The molecule has 0 fully saturated rings. The SMILES string of the molecule is Cc1nc2sc(C(=O)OCC(=O)Nc3ccc(F)c(Cl)c3)c(C)c2c(=O)[nH]1. The molecule has 0 radical (unpaired) electrons. The number of fused-ring (bicyclic) bond motifs is 1. The number of rotatable bonds is 4. The molecule has 27 heavy (non-hydrogen) atoms. The second kappa shape index (κ2) is 7.45. The standard InChI is InChI=1S/C17H13ClFN3O4S/c1-7-13-15(24)20-8(2)21-16(13)27-14(7)17(25)26-6-12(23)22-9-3-4-11(19)10(18)5-9/h3-5H,6H2,1-2H3,(H,22,23)(H,20,21,24). The predicted molar refractivity (Wildman–Crippen MR) is 100 cm³/mol. The number of benzene rings is 1. The first-order chi connectivity index (χ1) is 12.8. The molecule has 2 heterocycles. The summed E-state index contributed by atoms with van der Waals surface area (Å²) in [6, 6.07) is 3.68. The van der Waals surface area contributed by atoms with Crippen LogP contribution in [0.15, 0.2) is 23.0 Å². The summed E-state index contributed by atoms with van der Waals surface area (Å²) in [6.07, 6.45) is 0. The molecule has 0 aliphatic carbocycles. The number of hydrogen-bond donors (Lipinski definition) is 2. The van der Waals surface area contributed by atoms with E-state index in [0.717, 1.165) is 17.4 Å². The van der Waals surface area contributed by atoms with E-state index >= 15 is 0 Å². The van der Waals surface area contributed by atoms with Crippen LogP contribution in [0.2, 0.25) is 5.02 Å². The fourth-order valence-corrected chi connectivity index (χ4v) is 3.72. The average molecular weight is 410 g/mol. The summed E-state index contributed by atoms with van der Waals surface area (Å²) in [5, 5.41) is 2.63. The van der Waals surface area contributed by atoms with E-state index in [4.69, 9.17) is 16.3 Å². The molecule has 3 aromatic rings. The average Bonchev–Trinajstić information content (AvgIpc) is 2.93. The summed E-state index contributed by atoms with van der Waals surface area (Å²) < 4.78 is 18.1. The monoisotopic (exact) mass is 409 g/mol. The molecule has 3 rings (SSSR count). The third kappa shape index (κ3) is 3.99. The largest absolute Gasteiger partial charge is 0.451 e. The quantitative estimate of drug-likeness (QED) is 0.644. The van der Waals surface area contributed by atoms with Crippen LogP contribution >= 0.6 is 22.9 Å². The Hall–Kier alpha value is -2.78. The van der Waals surface area contributed by atoms with E-state index in [1.165, 1.54) is 12.1 Å². The van der Waals surface area contributed by atoms with Crippen molar-refractivity contribution in [3.05, 3.63) is 55.7 Å². The van der Waals surface area contributed by atoms with Gasteiger partial charge in [-0.15, -0.1) is 11.3 Å². The van der Waals surface area contributed by atoms with Gasteiger partial charge < -0.3 is 15.0 Å². The Kier molecular flexibility index (Phi) is 5.24. The number of carbonyl (C=O) groups is 2. The number of aromatic nitrogens is 2. The van der Waals surface area contributed by atoms with Gasteiger partial charge in [-0.05, 0) is 37.6 Å². The van der Waals surface area contributed by atoms with Crippen molar-refractivity contribution in [2.24, 2.45) is 0 Å². The van der Waals surface area contributed by atoms with Crippen LogP contribution in [0.1, 0.15) is 21.1 Å². The van der Waals surface area contributed by atoms with E-state index < -0.39 is 24.3 Å². The molecule has 7 nitrogen and oxygen atoms in total. The lowest BCUT2D eigenvalue weighted by Crippen LogP contribution is -2.21. The zero-order chi connectivity index (χ0) is 19.7. The molecule has 0 bridgehead atoms. The van der Waals surface area contributed by atoms with Crippen LogP contribution in [0, 0.1) is 19.7 Å². The van der Waals surface area contributed by atoms with Gasteiger partial charge in [-0.25, -0.2) is 14.2 Å². The molecular formula is C17H13ClFN3O4S. The lowest BCUT2D eigenvalue weighted by Gasteiger charge is -2.07. The molecule has 2 aromatic heterocycles. The number of halogens is 2. The summed E-state index contributed by atoms with van der Waals surface area (Å²) in [5.41, 5.74) is 0.377. The van der Waals surface area contributed by atoms with Crippen LogP contribution in [0.25, 0.3) is 10.2 Å². The summed E-state index contributed by atoms with van der Waals surface area (Å²) >= 11 is 6.66. The Balaban J connectivity index is 1.70. The van der Waals surface area contributed by atoms with Gasteiger partial charge in [0.2, 0.25) is 0 Å². The molecular weight excluding hydrogens is 397 g/mol. The highest BCUT2D eigenvalue weighted by Crippen LogP contribution is 2.27. The maximum atomic E-state index is 13.1. The minimum Gasteiger partial charge on any atom is -0.451 e. The van der Waals surface area contributed by atoms with E-state index in [-0.39, 0.29) is 21.1 Å². The van der Waals surface area contributed by atoms with Crippen LogP contribution < -0.4 is 10.9 Å². The molecule has 0 unspecified atom stereocenters. The molecule has 1 aromatic carbocycles. The number of aromatic amines is 1. The Morgan fingerprint density at radius 2 is 2.11 bits per heavy atom. The van der Waals surface area contributed by atoms with Gasteiger partial charge in [0.05, 0.1) is 10.4 Å². The highest BCUT2D eigenvalue weighted by Gasteiger charge is 2.21. The molecule has 1 amide bonds. The molecule has 0 aliphatic heterocycles. The number of esters is 1. The van der Waals surface area contributed by atoms with Gasteiger partial charge in [0, 0.05) is 5.69 Å². The van der Waals surface area contributed by atoms with Gasteiger partial charge in [0.15, 0.2) is 6.61 Å². The lowest BCUT2D eigenvalue weighted by molar-refractivity contribution is -0.119. The third-order valence-electron chi connectivity index (χ3n) is 3.64. The molecule has 0 aliphatic rings. The maximum Gasteiger partial charge on any atom is 0.349 e. The summed E-state index contributed by atoms with van der Waals surface area (Å²) in [7, 11) is 0. The van der Waals surface area contributed by atoms with Crippen molar-refractivity contribution in [2.75, 3.05) is 11.9 Å². The molecule has 0 saturated heterocycles. The van der Waals surface area contributed by atoms with Crippen LogP contribution in [-0.4, -0.2) is 28.5 Å². The van der Waals surface area contributed by atoms with Crippen molar-refractivity contribution >= 4 is 50.7 Å². The van der Waals surface area contributed by atoms with Gasteiger partial charge >= 0.3 is 5.97 Å². The number of nitrogens with zero attached hydrogens (tertiary/aromatic N) is 1. The maximum absolute atomic E-state index is 13.1. The number of aryl methyl sites for hydroxylation is 2. The van der Waals surface area contributed by atoms with E-state index in [9.17, 15) is 18.8 Å². The topological polar surface area (TPSA) is 101 Å². The number of nitrogens with one attached hydrogen (secondary N) is 2. The third-order valence-corrected chi connectivity index (χ3v) is 5.10. The van der Waals surface area contributed by atoms with Crippen molar-refractivity contribution in [3.8, 4) is 0 Å². The zero-order valence-electron chi connectivity index (χ0n) is 14.2. The number of anilines is 1. The number of ether oxygens (including phenoxy) is 1. The predicted octanol–water partition coefficient (Wildman–Crippen LogP) is 3.19. The van der Waals surface area contributed by atoms with Crippen molar-refractivity contribution < 1.29 is 18.7 Å². The van der Waals surface area contributed by atoms with Crippen molar-refractivity contribution in [1.29, 1.82) is 0 Å². The minimum absolute atomic E-state index is 0.140. The first-order valence-corrected chi connectivity index (χ1v) is 8.87. The van der Waals surface area contributed by atoms with Crippen molar-refractivity contribution in [2.45, 2.75) is 13.8 Å². The van der Waals surface area contributed by atoms with Crippen molar-refractivity contribution in [3.63, 3.8) is 0 Å². The second-order valence-electron chi connectivity index (χ2n) is 5.64. The Labute approximate surface area is 161 Å². The zero-order valence-corrected chi connectivity index (χ0v) is 15.8. The van der Waals surface area contributed by atoms with Crippen LogP contribution in [-0.2, 0) is 9.53 Å². The molecule has 140 valence electrons. The van der Waals surface area contributed by atoms with E-state index in [0.29, 0.717) is 21.6 Å². The highest BCUT2D eigenvalue weighted by molar-refractivity contribution is 7.20. The first kappa shape index (κ1) is 19.0. The van der Waals surface area contributed by atoms with Gasteiger partial charge in [-0.1, -0.05) is 11.6 Å². The summed E-state index contributed by atoms with van der Waals surface area (Å²) in [6.45, 7) is 2.70. The molecule has 0 atom stereocenters. The van der Waals surface area contributed by atoms with E-state index in [1.807, 2.05) is 0 Å². The number of carbonyl (C=O) groups excluding carboxylic acids is 2. The second-order valence-corrected chi connectivity index (χ2v) is 7.05. The van der Waals surface area contributed by atoms with E-state index in [1.54, 1.807) is 13.8 Å². The fraction of sp³-hybridized carbons (Fsp3) is 0.176. The lowest BCUT2D eigenvalue weighted by atomic mass is 10.2. The van der Waals surface area contributed by atoms with Crippen LogP contribution in [0.3, 0.4) is 0 Å². The first-order valence-electron chi connectivity index (χ1n) is 7.68. The summed E-state index contributed by atoms with van der Waals surface area (Å²) in [5.74, 6) is -1.53. The smallest absolute Gasteiger partial charge is 0.349 e. The number of amides is 1. The van der Waals surface area contributed by atoms with E-state index in [2.05, 4.69) is 15.3 Å². The Morgan fingerprint density at radius 3 is 2.81 bits per heavy atom. The Morgan fingerprint density at radius 1 is 1.37 bits per heavy atom. The fourth-order valence-electron chi connectivity index (χ4n) is 2.41. The normalized spacial score (nSPS) is 10.8. The van der Waals surface area contributed by atoms with Crippen molar-refractivity contribution in [1.82, 2.24) is 9.97 Å². The molecule has 2 N–H and O–H groups in total. The van der Waals surface area contributed by atoms with Gasteiger partial charge in [0.1, 0.15) is 21.3 Å². The number of thiophene rings is 1. The molecule has 0 spiro atoms. The molecule has 0 saturated carbocycles. The summed E-state index contributed by atoms with van der Waals surface area (Å²) in [4.78, 5) is 43.6. The van der Waals surface area contributed by atoms with Gasteiger partial charge in [-0.3, -0.25) is 9.59 Å².